The van der Waals surface area contributed by atoms with E-state index >= 15 is 0 Å². The van der Waals surface area contributed by atoms with Crippen LogP contribution < -0.4 is 0 Å². The molecule has 27 heavy (non-hydrogen) atoms. The Balaban J connectivity index is 1.69. The van der Waals surface area contributed by atoms with E-state index in [2.05, 4.69) is 15.3 Å². The zero-order valence-corrected chi connectivity index (χ0v) is 14.1. The van der Waals surface area contributed by atoms with Gasteiger partial charge in [-0.3, -0.25) is 0 Å². The zero-order valence-electron chi connectivity index (χ0n) is 14.1. The van der Waals surface area contributed by atoms with E-state index in [4.69, 9.17) is 4.74 Å². The van der Waals surface area contributed by atoms with Crippen molar-refractivity contribution in [2.75, 3.05) is 0 Å². The smallest absolute Gasteiger partial charge is 0.453 e. The summed E-state index contributed by atoms with van der Waals surface area (Å²) < 4.78 is 46.3. The van der Waals surface area contributed by atoms with Crippen LogP contribution in [0.2, 0.25) is 0 Å². The third-order valence-electron chi connectivity index (χ3n) is 4.27. The van der Waals surface area contributed by atoms with Crippen molar-refractivity contribution in [3.63, 3.8) is 0 Å². The standard InChI is InChI=1S/C19H15F3N4O/c20-19(21,22)18-24-23-17-15(14-9-5-2-6-10-14)11-16(25-26(17)18)27-12-13-7-3-1-4-8-13/h1-10,15H,11-12H2. The van der Waals surface area contributed by atoms with Gasteiger partial charge in [0, 0.05) is 6.42 Å². The van der Waals surface area contributed by atoms with Crippen LogP contribution in [0.15, 0.2) is 65.8 Å². The number of hydrogen-bond acceptors (Lipinski definition) is 4. The van der Waals surface area contributed by atoms with E-state index < -0.39 is 17.9 Å². The number of rotatable bonds is 3. The second kappa shape index (κ2) is 6.86. The Morgan fingerprint density at radius 3 is 2.30 bits per heavy atom. The summed E-state index contributed by atoms with van der Waals surface area (Å²) in [6, 6.07) is 18.6. The van der Waals surface area contributed by atoms with Crippen molar-refractivity contribution < 1.29 is 17.9 Å². The molecule has 2 aromatic carbocycles. The summed E-state index contributed by atoms with van der Waals surface area (Å²) in [7, 11) is 0. The van der Waals surface area contributed by atoms with Crippen molar-refractivity contribution in [1.29, 1.82) is 0 Å². The second-order valence-electron chi connectivity index (χ2n) is 6.13. The van der Waals surface area contributed by atoms with Gasteiger partial charge in [-0.05, 0) is 11.1 Å². The van der Waals surface area contributed by atoms with E-state index in [1.165, 1.54) is 0 Å². The van der Waals surface area contributed by atoms with Crippen LogP contribution in [0.5, 0.6) is 0 Å². The van der Waals surface area contributed by atoms with Gasteiger partial charge in [0.2, 0.25) is 5.90 Å². The van der Waals surface area contributed by atoms with Gasteiger partial charge in [0.1, 0.15) is 6.61 Å². The number of alkyl halides is 3. The normalized spacial score (nSPS) is 16.6. The molecule has 0 fully saturated rings. The van der Waals surface area contributed by atoms with Gasteiger partial charge in [-0.15, -0.1) is 15.3 Å². The molecule has 1 atom stereocenters. The summed E-state index contributed by atoms with van der Waals surface area (Å²) >= 11 is 0. The highest BCUT2D eigenvalue weighted by molar-refractivity contribution is 5.78. The molecule has 0 saturated carbocycles. The summed E-state index contributed by atoms with van der Waals surface area (Å²) in [6.07, 6.45) is -4.34. The summed E-state index contributed by atoms with van der Waals surface area (Å²) in [6.45, 7) is 0.222. The van der Waals surface area contributed by atoms with Crippen LogP contribution in [0.3, 0.4) is 0 Å². The van der Waals surface area contributed by atoms with Crippen LogP contribution in [0.4, 0.5) is 13.2 Å². The van der Waals surface area contributed by atoms with E-state index in [-0.39, 0.29) is 18.3 Å². The van der Waals surface area contributed by atoms with Gasteiger partial charge in [-0.25, -0.2) is 0 Å². The van der Waals surface area contributed by atoms with E-state index in [0.29, 0.717) is 6.42 Å². The first-order valence-corrected chi connectivity index (χ1v) is 8.34. The summed E-state index contributed by atoms with van der Waals surface area (Å²) in [4.78, 5) is 0. The summed E-state index contributed by atoms with van der Waals surface area (Å²) in [5.41, 5.74) is 1.73. The van der Waals surface area contributed by atoms with Crippen molar-refractivity contribution in [1.82, 2.24) is 14.9 Å². The monoisotopic (exact) mass is 372 g/mol. The Bertz CT molecular complexity index is 952. The van der Waals surface area contributed by atoms with Gasteiger partial charge in [0.15, 0.2) is 5.82 Å². The van der Waals surface area contributed by atoms with Gasteiger partial charge in [0.05, 0.1) is 5.92 Å². The minimum atomic E-state index is -4.65. The number of aromatic nitrogens is 3. The molecule has 1 unspecified atom stereocenters. The third-order valence-corrected chi connectivity index (χ3v) is 4.27. The highest BCUT2D eigenvalue weighted by Crippen LogP contribution is 2.35. The number of nitrogens with zero attached hydrogens (tertiary/aromatic N) is 4. The number of benzene rings is 2. The number of ether oxygens (including phenoxy) is 1. The quantitative estimate of drug-likeness (QED) is 0.692. The van der Waals surface area contributed by atoms with Crippen molar-refractivity contribution in [3.8, 4) is 0 Å². The summed E-state index contributed by atoms with van der Waals surface area (Å²) in [5.74, 6) is -1.21. The predicted molar refractivity (Wildman–Crippen MR) is 92.0 cm³/mol. The van der Waals surface area contributed by atoms with Gasteiger partial charge in [-0.1, -0.05) is 60.7 Å². The van der Waals surface area contributed by atoms with Crippen molar-refractivity contribution in [2.24, 2.45) is 5.10 Å². The minimum Gasteiger partial charge on any atom is -0.475 e. The molecule has 2 heterocycles. The highest BCUT2D eigenvalue weighted by Gasteiger charge is 2.42. The van der Waals surface area contributed by atoms with E-state index in [1.54, 1.807) is 0 Å². The van der Waals surface area contributed by atoms with Crippen LogP contribution in [-0.2, 0) is 17.5 Å². The third kappa shape index (κ3) is 3.55. The Kier molecular flexibility index (Phi) is 4.39. The molecule has 0 aliphatic carbocycles. The molecule has 1 aromatic heterocycles. The maximum atomic E-state index is 13.3. The molecule has 1 aliphatic rings. The van der Waals surface area contributed by atoms with Gasteiger partial charge in [0.25, 0.3) is 5.82 Å². The minimum absolute atomic E-state index is 0.153. The first-order chi connectivity index (χ1) is 13.0. The fourth-order valence-electron chi connectivity index (χ4n) is 2.98. The molecule has 0 bridgehead atoms. The lowest BCUT2D eigenvalue weighted by molar-refractivity contribution is -0.147. The Morgan fingerprint density at radius 2 is 1.63 bits per heavy atom. The van der Waals surface area contributed by atoms with Crippen LogP contribution in [0.1, 0.15) is 35.1 Å². The molecule has 1 aliphatic heterocycles. The number of hydrogen-bond donors (Lipinski definition) is 0. The van der Waals surface area contributed by atoms with E-state index in [9.17, 15) is 13.2 Å². The maximum absolute atomic E-state index is 13.3. The van der Waals surface area contributed by atoms with Gasteiger partial charge in [-0.2, -0.15) is 17.8 Å². The van der Waals surface area contributed by atoms with E-state index in [1.807, 2.05) is 60.7 Å². The van der Waals surface area contributed by atoms with Gasteiger partial charge < -0.3 is 4.74 Å². The molecule has 0 radical (unpaired) electrons. The zero-order chi connectivity index (χ0) is 18.9. The molecule has 5 nitrogen and oxygen atoms in total. The maximum Gasteiger partial charge on any atom is 0.453 e. The Hall–Kier alpha value is -3.16. The molecule has 4 rings (SSSR count). The van der Waals surface area contributed by atoms with Crippen LogP contribution >= 0.6 is 0 Å². The lowest BCUT2D eigenvalue weighted by atomic mass is 9.94. The molecule has 3 aromatic rings. The molecule has 138 valence electrons. The second-order valence-corrected chi connectivity index (χ2v) is 6.13. The fourth-order valence-corrected chi connectivity index (χ4v) is 2.98. The SMILES string of the molecule is FC(F)(F)c1nnc2n1N=C(OCc1ccccc1)CC2c1ccccc1. The van der Waals surface area contributed by atoms with Crippen LogP contribution in [0, 0.1) is 0 Å². The number of halogens is 3. The highest BCUT2D eigenvalue weighted by atomic mass is 19.4. The number of fused-ring (bicyclic) bond motifs is 1. The lowest BCUT2D eigenvalue weighted by Crippen LogP contribution is -2.24. The van der Waals surface area contributed by atoms with Crippen molar-refractivity contribution in [3.05, 3.63) is 83.4 Å². The van der Waals surface area contributed by atoms with Gasteiger partial charge >= 0.3 is 6.18 Å². The average Bonchev–Trinajstić information content (AvgIpc) is 3.12. The van der Waals surface area contributed by atoms with Crippen molar-refractivity contribution >= 4 is 5.90 Å². The molecular weight excluding hydrogens is 357 g/mol. The van der Waals surface area contributed by atoms with E-state index in [0.717, 1.165) is 15.8 Å². The molecule has 8 heteroatoms. The molecule has 0 N–H and O–H groups in total. The summed E-state index contributed by atoms with van der Waals surface area (Å²) in [5, 5.41) is 11.1. The van der Waals surface area contributed by atoms with Crippen molar-refractivity contribution in [2.45, 2.75) is 25.1 Å². The average molecular weight is 372 g/mol. The topological polar surface area (TPSA) is 52.3 Å². The molecular formula is C19H15F3N4O. The first-order valence-electron chi connectivity index (χ1n) is 8.34. The lowest BCUT2D eigenvalue weighted by Gasteiger charge is -2.23. The molecule has 0 saturated heterocycles. The predicted octanol–water partition coefficient (Wildman–Crippen LogP) is 4.21. The Labute approximate surface area is 153 Å². The molecule has 0 amide bonds. The fraction of sp³-hybridized carbons (Fsp3) is 0.211. The van der Waals surface area contributed by atoms with Crippen LogP contribution in [0.25, 0.3) is 0 Å². The van der Waals surface area contributed by atoms with Crippen LogP contribution in [-0.4, -0.2) is 20.8 Å². The molecule has 0 spiro atoms. The Morgan fingerprint density at radius 1 is 0.963 bits per heavy atom. The largest absolute Gasteiger partial charge is 0.475 e. The first kappa shape index (κ1) is 17.3.